The Morgan fingerprint density at radius 2 is 2.44 bits per heavy atom. The number of nitrogens with one attached hydrogen (secondary N) is 1. The summed E-state index contributed by atoms with van der Waals surface area (Å²) >= 11 is 0. The van der Waals surface area contributed by atoms with Crippen molar-refractivity contribution in [2.45, 2.75) is 31.8 Å². The van der Waals surface area contributed by atoms with Gasteiger partial charge in [-0.2, -0.15) is 5.10 Å². The van der Waals surface area contributed by atoms with Crippen LogP contribution in [0.5, 0.6) is 0 Å². The standard InChI is InChI=1S/C13H19N3O2/c17-12-4-10-7-16(8-11(10)12)13(18)3-1-2-9-5-14-15-6-9/h5-6,10-12,17H,1-4,7-8H2,(H,14,15)/t10-,11+,12-/m0/s1. The van der Waals surface area contributed by atoms with E-state index in [1.54, 1.807) is 6.20 Å². The SMILES string of the molecule is O=C(CCCc1cn[nH]c1)N1C[C@@H]2C[C@H](O)[C@@H]2C1. The number of fused-ring (bicyclic) bond motifs is 1. The van der Waals surface area contributed by atoms with Crippen molar-refractivity contribution in [2.75, 3.05) is 13.1 Å². The van der Waals surface area contributed by atoms with Crippen LogP contribution in [0, 0.1) is 11.8 Å². The average Bonchev–Trinajstić information content (AvgIpc) is 2.96. The highest BCUT2D eigenvalue weighted by atomic mass is 16.3. The van der Waals surface area contributed by atoms with Gasteiger partial charge in [0.15, 0.2) is 0 Å². The molecular formula is C13H19N3O2. The summed E-state index contributed by atoms with van der Waals surface area (Å²) < 4.78 is 0. The van der Waals surface area contributed by atoms with Crippen molar-refractivity contribution in [3.63, 3.8) is 0 Å². The maximum atomic E-state index is 12.0. The minimum Gasteiger partial charge on any atom is -0.393 e. The van der Waals surface area contributed by atoms with Gasteiger partial charge in [-0.25, -0.2) is 0 Å². The quantitative estimate of drug-likeness (QED) is 0.819. The van der Waals surface area contributed by atoms with Crippen LogP contribution >= 0.6 is 0 Å². The largest absolute Gasteiger partial charge is 0.393 e. The summed E-state index contributed by atoms with van der Waals surface area (Å²) in [5.74, 6) is 1.14. The van der Waals surface area contributed by atoms with E-state index < -0.39 is 0 Å². The minimum atomic E-state index is -0.168. The van der Waals surface area contributed by atoms with Crippen molar-refractivity contribution < 1.29 is 9.90 Å². The lowest BCUT2D eigenvalue weighted by Gasteiger charge is -2.34. The van der Waals surface area contributed by atoms with E-state index >= 15 is 0 Å². The molecule has 0 aromatic carbocycles. The molecule has 1 aromatic rings. The molecule has 0 bridgehead atoms. The second kappa shape index (κ2) is 4.72. The van der Waals surface area contributed by atoms with E-state index in [4.69, 9.17) is 0 Å². The summed E-state index contributed by atoms with van der Waals surface area (Å²) in [7, 11) is 0. The zero-order valence-electron chi connectivity index (χ0n) is 10.4. The van der Waals surface area contributed by atoms with Crippen molar-refractivity contribution in [1.29, 1.82) is 0 Å². The first-order chi connectivity index (χ1) is 8.74. The molecule has 0 radical (unpaired) electrons. The third-order valence-electron chi connectivity index (χ3n) is 4.29. The van der Waals surface area contributed by atoms with Crippen LogP contribution in [0.2, 0.25) is 0 Å². The van der Waals surface area contributed by atoms with Crippen LogP contribution in [-0.4, -0.2) is 45.3 Å². The van der Waals surface area contributed by atoms with Gasteiger partial charge in [0, 0.05) is 31.6 Å². The van der Waals surface area contributed by atoms with E-state index in [9.17, 15) is 9.90 Å². The molecule has 2 fully saturated rings. The molecule has 3 atom stereocenters. The summed E-state index contributed by atoms with van der Waals surface area (Å²) in [6, 6.07) is 0. The summed E-state index contributed by atoms with van der Waals surface area (Å²) in [5, 5.41) is 16.2. The van der Waals surface area contributed by atoms with E-state index in [1.807, 2.05) is 11.1 Å². The predicted octanol–water partition coefficient (Wildman–Crippen LogP) is 0.572. The van der Waals surface area contributed by atoms with Crippen LogP contribution < -0.4 is 0 Å². The third-order valence-corrected chi connectivity index (χ3v) is 4.29. The summed E-state index contributed by atoms with van der Waals surface area (Å²) in [4.78, 5) is 14.0. The van der Waals surface area contributed by atoms with Gasteiger partial charge >= 0.3 is 0 Å². The van der Waals surface area contributed by atoms with Crippen LogP contribution in [-0.2, 0) is 11.2 Å². The van der Waals surface area contributed by atoms with Gasteiger partial charge in [0.05, 0.1) is 12.3 Å². The molecular weight excluding hydrogens is 230 g/mol. The van der Waals surface area contributed by atoms with Gasteiger partial charge in [-0.15, -0.1) is 0 Å². The highest BCUT2D eigenvalue weighted by Crippen LogP contribution is 2.40. The molecule has 5 nitrogen and oxygen atoms in total. The summed E-state index contributed by atoms with van der Waals surface area (Å²) in [6.45, 7) is 1.61. The number of aryl methyl sites for hydroxylation is 1. The van der Waals surface area contributed by atoms with E-state index in [0.717, 1.165) is 37.9 Å². The maximum absolute atomic E-state index is 12.0. The molecule has 1 aliphatic carbocycles. The molecule has 0 spiro atoms. The number of aliphatic hydroxyl groups excluding tert-OH is 1. The van der Waals surface area contributed by atoms with Gasteiger partial charge in [0.1, 0.15) is 0 Å². The Hall–Kier alpha value is -1.36. The Morgan fingerprint density at radius 3 is 3.11 bits per heavy atom. The van der Waals surface area contributed by atoms with Crippen LogP contribution in [0.1, 0.15) is 24.8 Å². The molecule has 1 amide bonds. The van der Waals surface area contributed by atoms with E-state index in [0.29, 0.717) is 18.3 Å². The van der Waals surface area contributed by atoms with Crippen molar-refractivity contribution in [1.82, 2.24) is 15.1 Å². The number of hydrogen-bond donors (Lipinski definition) is 2. The van der Waals surface area contributed by atoms with Crippen molar-refractivity contribution in [3.05, 3.63) is 18.0 Å². The molecule has 5 heteroatoms. The molecule has 2 heterocycles. The van der Waals surface area contributed by atoms with Crippen LogP contribution in [0.25, 0.3) is 0 Å². The second-order valence-electron chi connectivity index (χ2n) is 5.49. The van der Waals surface area contributed by atoms with E-state index in [-0.39, 0.29) is 12.0 Å². The first-order valence-corrected chi connectivity index (χ1v) is 6.67. The number of rotatable bonds is 4. The second-order valence-corrected chi connectivity index (χ2v) is 5.49. The smallest absolute Gasteiger partial charge is 0.222 e. The average molecular weight is 249 g/mol. The molecule has 1 aliphatic heterocycles. The van der Waals surface area contributed by atoms with Gasteiger partial charge in [-0.05, 0) is 30.7 Å². The number of likely N-dealkylation sites (tertiary alicyclic amines) is 1. The predicted molar refractivity (Wildman–Crippen MR) is 65.7 cm³/mol. The Labute approximate surface area is 106 Å². The number of carbonyl (C=O) groups excluding carboxylic acids is 1. The lowest BCUT2D eigenvalue weighted by atomic mass is 9.74. The number of aromatic amines is 1. The number of H-pyrrole nitrogens is 1. The fraction of sp³-hybridized carbons (Fsp3) is 0.692. The topological polar surface area (TPSA) is 69.2 Å². The van der Waals surface area contributed by atoms with Crippen LogP contribution in [0.15, 0.2) is 12.4 Å². The summed E-state index contributed by atoms with van der Waals surface area (Å²) in [6.07, 6.45) is 6.75. The number of nitrogens with zero attached hydrogens (tertiary/aromatic N) is 2. The Morgan fingerprint density at radius 1 is 1.56 bits per heavy atom. The first-order valence-electron chi connectivity index (χ1n) is 6.67. The highest BCUT2D eigenvalue weighted by Gasteiger charge is 2.47. The lowest BCUT2D eigenvalue weighted by molar-refractivity contribution is -0.130. The van der Waals surface area contributed by atoms with Crippen molar-refractivity contribution in [2.24, 2.45) is 11.8 Å². The molecule has 3 rings (SSSR count). The van der Waals surface area contributed by atoms with Crippen molar-refractivity contribution in [3.8, 4) is 0 Å². The van der Waals surface area contributed by atoms with E-state index in [1.165, 1.54) is 0 Å². The van der Waals surface area contributed by atoms with Crippen LogP contribution in [0.4, 0.5) is 0 Å². The molecule has 18 heavy (non-hydrogen) atoms. The molecule has 98 valence electrons. The fourth-order valence-electron chi connectivity index (χ4n) is 3.09. The number of hydrogen-bond acceptors (Lipinski definition) is 3. The zero-order chi connectivity index (χ0) is 12.5. The molecule has 1 saturated carbocycles. The maximum Gasteiger partial charge on any atom is 0.222 e. The fourth-order valence-corrected chi connectivity index (χ4v) is 3.09. The summed E-state index contributed by atoms with van der Waals surface area (Å²) in [5.41, 5.74) is 1.15. The number of aliphatic hydroxyl groups is 1. The normalized spacial score (nSPS) is 30.1. The number of amides is 1. The lowest BCUT2D eigenvalue weighted by Crippen LogP contribution is -2.39. The third kappa shape index (κ3) is 2.14. The zero-order valence-corrected chi connectivity index (χ0v) is 10.4. The van der Waals surface area contributed by atoms with Gasteiger partial charge in [0.2, 0.25) is 5.91 Å². The van der Waals surface area contributed by atoms with E-state index in [2.05, 4.69) is 10.2 Å². The van der Waals surface area contributed by atoms with Gasteiger partial charge in [0.25, 0.3) is 0 Å². The Bertz CT molecular complexity index is 418. The molecule has 0 unspecified atom stereocenters. The molecule has 1 aromatic heterocycles. The van der Waals surface area contributed by atoms with Crippen LogP contribution in [0.3, 0.4) is 0 Å². The van der Waals surface area contributed by atoms with Gasteiger partial charge in [-0.3, -0.25) is 9.89 Å². The molecule has 2 N–H and O–H groups in total. The minimum absolute atomic E-state index is 0.168. The van der Waals surface area contributed by atoms with Gasteiger partial charge in [-0.1, -0.05) is 0 Å². The first kappa shape index (κ1) is 11.7. The highest BCUT2D eigenvalue weighted by molar-refractivity contribution is 5.76. The van der Waals surface area contributed by atoms with Crippen molar-refractivity contribution >= 4 is 5.91 Å². The molecule has 2 aliphatic rings. The Kier molecular flexibility index (Phi) is 3.07. The molecule has 1 saturated heterocycles. The number of aromatic nitrogens is 2. The number of carbonyl (C=O) groups is 1. The van der Waals surface area contributed by atoms with Gasteiger partial charge < -0.3 is 10.0 Å². The monoisotopic (exact) mass is 249 g/mol. The Balaban J connectivity index is 1.42.